The second kappa shape index (κ2) is 8.96. The van der Waals surface area contributed by atoms with Gasteiger partial charge in [-0.25, -0.2) is 19.2 Å². The Bertz CT molecular complexity index is 1400. The fourth-order valence-electron chi connectivity index (χ4n) is 3.26. The highest BCUT2D eigenvalue weighted by molar-refractivity contribution is 7.98. The lowest BCUT2D eigenvalue weighted by Gasteiger charge is -2.12. The van der Waals surface area contributed by atoms with Gasteiger partial charge in [-0.3, -0.25) is 13.9 Å². The number of hydrogen-bond donors (Lipinski definition) is 0. The molecule has 2 aromatic carbocycles. The van der Waals surface area contributed by atoms with Crippen LogP contribution in [0.15, 0.2) is 63.1 Å². The minimum atomic E-state index is -0.465. The number of aromatic nitrogens is 4. The van der Waals surface area contributed by atoms with Gasteiger partial charge >= 0.3 is 5.69 Å². The third kappa shape index (κ3) is 4.16. The molecule has 0 amide bonds. The normalized spacial score (nSPS) is 11.1. The van der Waals surface area contributed by atoms with Gasteiger partial charge in [-0.2, -0.15) is 0 Å². The SMILES string of the molecule is CCOc1ccc(-c2nc(SCc3ccc(F)cc3)c3c(=O)n(C)c(=O)n(C)c3n2)cc1. The summed E-state index contributed by atoms with van der Waals surface area (Å²) in [5.74, 6) is 1.28. The van der Waals surface area contributed by atoms with Crippen LogP contribution in [0.5, 0.6) is 5.75 Å². The lowest BCUT2D eigenvalue weighted by molar-refractivity contribution is 0.340. The monoisotopic (exact) mass is 452 g/mol. The number of nitrogens with zero attached hydrogens (tertiary/aromatic N) is 4. The highest BCUT2D eigenvalue weighted by Gasteiger charge is 2.18. The number of rotatable bonds is 6. The summed E-state index contributed by atoms with van der Waals surface area (Å²) in [6, 6.07) is 13.5. The molecular formula is C23H21FN4O3S. The highest BCUT2D eigenvalue weighted by atomic mass is 32.2. The molecule has 0 aliphatic heterocycles. The van der Waals surface area contributed by atoms with Gasteiger partial charge in [0.25, 0.3) is 5.56 Å². The Labute approximate surface area is 187 Å². The summed E-state index contributed by atoms with van der Waals surface area (Å²) in [4.78, 5) is 34.6. The molecule has 164 valence electrons. The van der Waals surface area contributed by atoms with Gasteiger partial charge in [0.2, 0.25) is 0 Å². The van der Waals surface area contributed by atoms with Crippen LogP contribution < -0.4 is 16.0 Å². The summed E-state index contributed by atoms with van der Waals surface area (Å²) in [5, 5.41) is 0.732. The summed E-state index contributed by atoms with van der Waals surface area (Å²) in [6.07, 6.45) is 0. The lowest BCUT2D eigenvalue weighted by atomic mass is 10.2. The van der Waals surface area contributed by atoms with Gasteiger partial charge in [-0.05, 0) is 48.9 Å². The Morgan fingerprint density at radius 1 is 0.969 bits per heavy atom. The summed E-state index contributed by atoms with van der Waals surface area (Å²) >= 11 is 1.34. The molecule has 0 saturated carbocycles. The standard InChI is InChI=1S/C23H21FN4O3S/c1-4-31-17-11-7-15(8-12-17)19-25-20-18(22(29)28(3)23(30)27(20)2)21(26-19)32-13-14-5-9-16(24)10-6-14/h5-12H,4,13H2,1-3H3. The quantitative estimate of drug-likeness (QED) is 0.329. The number of benzene rings is 2. The van der Waals surface area contributed by atoms with Crippen LogP contribution in [0, 0.1) is 5.82 Å². The van der Waals surface area contributed by atoms with E-state index in [4.69, 9.17) is 4.74 Å². The van der Waals surface area contributed by atoms with Crippen molar-refractivity contribution in [3.8, 4) is 17.1 Å². The van der Waals surface area contributed by atoms with E-state index in [1.807, 2.05) is 31.2 Å². The van der Waals surface area contributed by atoms with Crippen LogP contribution in [0.4, 0.5) is 4.39 Å². The van der Waals surface area contributed by atoms with Gasteiger partial charge in [0.1, 0.15) is 22.0 Å². The third-order valence-corrected chi connectivity index (χ3v) is 6.03. The molecule has 0 bridgehead atoms. The average Bonchev–Trinajstić information content (AvgIpc) is 2.81. The molecule has 0 fully saturated rings. The summed E-state index contributed by atoms with van der Waals surface area (Å²) < 4.78 is 21.1. The number of ether oxygens (including phenoxy) is 1. The van der Waals surface area contributed by atoms with Crippen molar-refractivity contribution in [3.05, 3.63) is 80.7 Å². The van der Waals surface area contributed by atoms with Crippen molar-refractivity contribution in [2.75, 3.05) is 6.61 Å². The number of halogens is 1. The van der Waals surface area contributed by atoms with Gasteiger partial charge in [-0.15, -0.1) is 11.8 Å². The molecule has 0 saturated heterocycles. The number of thioether (sulfide) groups is 1. The van der Waals surface area contributed by atoms with Gasteiger partial charge in [0.15, 0.2) is 11.5 Å². The van der Waals surface area contributed by atoms with Crippen molar-refractivity contribution in [2.45, 2.75) is 17.7 Å². The van der Waals surface area contributed by atoms with Crippen molar-refractivity contribution >= 4 is 22.8 Å². The van der Waals surface area contributed by atoms with E-state index < -0.39 is 11.2 Å². The molecule has 4 aromatic rings. The maximum absolute atomic E-state index is 13.2. The Morgan fingerprint density at radius 3 is 2.31 bits per heavy atom. The first-order valence-corrected chi connectivity index (χ1v) is 11.0. The number of hydrogen-bond acceptors (Lipinski definition) is 6. The highest BCUT2D eigenvalue weighted by Crippen LogP contribution is 2.29. The zero-order chi connectivity index (χ0) is 22.8. The first-order chi connectivity index (χ1) is 15.4. The summed E-state index contributed by atoms with van der Waals surface area (Å²) in [6.45, 7) is 2.47. The van der Waals surface area contributed by atoms with Crippen molar-refractivity contribution in [2.24, 2.45) is 14.1 Å². The molecule has 0 aliphatic rings. The summed E-state index contributed by atoms with van der Waals surface area (Å²) in [7, 11) is 3.01. The van der Waals surface area contributed by atoms with E-state index in [1.165, 1.54) is 35.5 Å². The van der Waals surface area contributed by atoms with Gasteiger partial charge in [0.05, 0.1) is 6.61 Å². The minimum Gasteiger partial charge on any atom is -0.494 e. The fourth-order valence-corrected chi connectivity index (χ4v) is 4.23. The van der Waals surface area contributed by atoms with Crippen molar-refractivity contribution in [1.29, 1.82) is 0 Å². The van der Waals surface area contributed by atoms with Crippen LogP contribution in [0.1, 0.15) is 12.5 Å². The topological polar surface area (TPSA) is 79.0 Å². The average molecular weight is 453 g/mol. The van der Waals surface area contributed by atoms with Crippen molar-refractivity contribution in [3.63, 3.8) is 0 Å². The largest absolute Gasteiger partial charge is 0.494 e. The van der Waals surface area contributed by atoms with Gasteiger partial charge in [-0.1, -0.05) is 12.1 Å². The van der Waals surface area contributed by atoms with Crippen molar-refractivity contribution in [1.82, 2.24) is 19.1 Å². The van der Waals surface area contributed by atoms with E-state index in [-0.39, 0.29) is 16.9 Å². The maximum atomic E-state index is 13.2. The van der Waals surface area contributed by atoms with E-state index in [0.29, 0.717) is 23.2 Å². The summed E-state index contributed by atoms with van der Waals surface area (Å²) in [5.41, 5.74) is 0.953. The Hall–Kier alpha value is -3.46. The molecular weight excluding hydrogens is 431 g/mol. The zero-order valence-corrected chi connectivity index (χ0v) is 18.6. The van der Waals surface area contributed by atoms with Crippen LogP contribution in [0.2, 0.25) is 0 Å². The molecule has 32 heavy (non-hydrogen) atoms. The Kier molecular flexibility index (Phi) is 6.09. The number of aryl methyl sites for hydroxylation is 1. The Morgan fingerprint density at radius 2 is 1.66 bits per heavy atom. The maximum Gasteiger partial charge on any atom is 0.332 e. The molecule has 2 heterocycles. The van der Waals surface area contributed by atoms with Gasteiger partial charge < -0.3 is 4.74 Å². The second-order valence-corrected chi connectivity index (χ2v) is 8.09. The lowest BCUT2D eigenvalue weighted by Crippen LogP contribution is -2.37. The first-order valence-electron chi connectivity index (χ1n) is 9.97. The molecule has 7 nitrogen and oxygen atoms in total. The molecule has 4 rings (SSSR count). The van der Waals surface area contributed by atoms with E-state index >= 15 is 0 Å². The van der Waals surface area contributed by atoms with Crippen molar-refractivity contribution < 1.29 is 9.13 Å². The fraction of sp³-hybridized carbons (Fsp3) is 0.217. The van der Waals surface area contributed by atoms with Crippen LogP contribution in [-0.4, -0.2) is 25.7 Å². The molecule has 0 spiro atoms. The van der Waals surface area contributed by atoms with Crippen LogP contribution in [0.3, 0.4) is 0 Å². The zero-order valence-electron chi connectivity index (χ0n) is 17.8. The smallest absolute Gasteiger partial charge is 0.332 e. The van der Waals surface area contributed by atoms with Crippen LogP contribution in [0.25, 0.3) is 22.4 Å². The molecule has 9 heteroatoms. The van der Waals surface area contributed by atoms with Gasteiger partial charge in [0, 0.05) is 25.4 Å². The molecule has 0 atom stereocenters. The van der Waals surface area contributed by atoms with E-state index in [9.17, 15) is 14.0 Å². The Balaban J connectivity index is 1.86. The van der Waals surface area contributed by atoms with Crippen LogP contribution in [-0.2, 0) is 19.8 Å². The minimum absolute atomic E-state index is 0.263. The molecule has 0 N–H and O–H groups in total. The van der Waals surface area contributed by atoms with E-state index in [1.54, 1.807) is 19.2 Å². The predicted octanol–water partition coefficient (Wildman–Crippen LogP) is 3.52. The molecule has 0 radical (unpaired) electrons. The first kappa shape index (κ1) is 21.8. The molecule has 0 aliphatic carbocycles. The predicted molar refractivity (Wildman–Crippen MR) is 123 cm³/mol. The van der Waals surface area contributed by atoms with E-state index in [2.05, 4.69) is 9.97 Å². The van der Waals surface area contributed by atoms with E-state index in [0.717, 1.165) is 21.4 Å². The third-order valence-electron chi connectivity index (χ3n) is 4.98. The number of fused-ring (bicyclic) bond motifs is 1. The second-order valence-electron chi connectivity index (χ2n) is 7.13. The molecule has 0 unspecified atom stereocenters. The molecule has 2 aromatic heterocycles. The van der Waals surface area contributed by atoms with Crippen LogP contribution >= 0.6 is 11.8 Å².